The third-order valence-corrected chi connectivity index (χ3v) is 10.6. The number of benzene rings is 3. The zero-order valence-electron chi connectivity index (χ0n) is 28.2. The number of hydrogen-bond donors (Lipinski definition) is 0. The maximum Gasteiger partial charge on any atom is 0.350 e. The molecule has 2 saturated heterocycles. The minimum absolute atomic E-state index is 0.0682. The Labute approximate surface area is 306 Å². The lowest BCUT2D eigenvalue weighted by Crippen LogP contribution is -2.46. The Balaban J connectivity index is 0.837. The number of aromatic nitrogens is 6. The quantitative estimate of drug-likeness (QED) is 0.167. The van der Waals surface area contributed by atoms with Gasteiger partial charge in [0, 0.05) is 54.7 Å². The molecule has 51 heavy (non-hydrogen) atoms. The van der Waals surface area contributed by atoms with Crippen molar-refractivity contribution >= 4 is 34.6 Å². The van der Waals surface area contributed by atoms with Gasteiger partial charge in [-0.1, -0.05) is 42.1 Å². The van der Waals surface area contributed by atoms with Crippen molar-refractivity contribution in [2.75, 3.05) is 49.2 Å². The van der Waals surface area contributed by atoms with Crippen LogP contribution in [0.15, 0.2) is 90.2 Å². The molecule has 12 nitrogen and oxygen atoms in total. The van der Waals surface area contributed by atoms with E-state index in [2.05, 4.69) is 49.4 Å². The number of ether oxygens (including phenoxy) is 3. The molecule has 8 rings (SSSR count). The molecule has 5 aromatic rings. The van der Waals surface area contributed by atoms with Gasteiger partial charge < -0.3 is 24.0 Å². The molecule has 2 aromatic heterocycles. The van der Waals surface area contributed by atoms with Crippen molar-refractivity contribution in [2.45, 2.75) is 50.7 Å². The summed E-state index contributed by atoms with van der Waals surface area (Å²) in [5.74, 6) is 0.133. The first-order valence-corrected chi connectivity index (χ1v) is 18.3. The second kappa shape index (κ2) is 14.7. The second-order valence-corrected chi connectivity index (χ2v) is 14.2. The van der Waals surface area contributed by atoms with Crippen LogP contribution in [0.1, 0.15) is 31.2 Å². The summed E-state index contributed by atoms with van der Waals surface area (Å²) in [6.45, 7) is 5.12. The summed E-state index contributed by atoms with van der Waals surface area (Å²) in [4.78, 5) is 19.3. The Morgan fingerprint density at radius 2 is 1.47 bits per heavy atom. The van der Waals surface area contributed by atoms with E-state index in [4.69, 9.17) is 37.4 Å². The molecule has 1 aliphatic carbocycles. The fraction of sp³-hybridized carbons (Fsp3) is 0.405. The minimum Gasteiger partial charge on any atom is -0.491 e. The largest absolute Gasteiger partial charge is 0.491 e. The van der Waals surface area contributed by atoms with Crippen LogP contribution in [0.25, 0.3) is 5.69 Å². The molecule has 2 atom stereocenters. The van der Waals surface area contributed by atoms with Gasteiger partial charge in [-0.3, -0.25) is 0 Å². The Morgan fingerprint density at radius 1 is 0.824 bits per heavy atom. The molecule has 0 unspecified atom stereocenters. The van der Waals surface area contributed by atoms with Gasteiger partial charge in [0.25, 0.3) is 0 Å². The van der Waals surface area contributed by atoms with Gasteiger partial charge in [0.05, 0.1) is 29.7 Å². The minimum atomic E-state index is -1.18. The average molecular weight is 732 g/mol. The number of anilines is 2. The standard InChI is InChI=1S/C37H40Cl2N8O4/c38-28-5-14-34(35(39)21-28)37(25-47-40-15-16-41-47)50-24-33(51-37)23-49-32-12-10-30(11-13-32)44-19-17-43(18-20-44)29-6-8-31(9-7-29)45-26-42-46(36(45)48)22-27-3-1-2-4-27/h5-16,21,26-27,33H,1-4,17-20,22-25H2/t33-,37-/m1/s1. The number of nitrogens with zero attached hydrogens (tertiary/aromatic N) is 8. The first kappa shape index (κ1) is 33.8. The highest BCUT2D eigenvalue weighted by Crippen LogP contribution is 2.40. The van der Waals surface area contributed by atoms with Crippen molar-refractivity contribution in [3.05, 3.63) is 112 Å². The van der Waals surface area contributed by atoms with Crippen LogP contribution in [0, 0.1) is 5.92 Å². The van der Waals surface area contributed by atoms with Gasteiger partial charge >= 0.3 is 5.69 Å². The lowest BCUT2D eigenvalue weighted by molar-refractivity contribution is -0.192. The maximum atomic E-state index is 13.0. The average Bonchev–Trinajstić information content (AvgIpc) is 3.99. The highest BCUT2D eigenvalue weighted by atomic mass is 35.5. The molecule has 266 valence electrons. The lowest BCUT2D eigenvalue weighted by atomic mass is 10.1. The maximum absolute atomic E-state index is 13.0. The molecule has 3 fully saturated rings. The smallest absolute Gasteiger partial charge is 0.350 e. The summed E-state index contributed by atoms with van der Waals surface area (Å²) >= 11 is 12.7. The molecule has 14 heteroatoms. The molecule has 2 aliphatic heterocycles. The van der Waals surface area contributed by atoms with Crippen molar-refractivity contribution < 1.29 is 14.2 Å². The van der Waals surface area contributed by atoms with Crippen LogP contribution in [-0.2, 0) is 28.4 Å². The summed E-state index contributed by atoms with van der Waals surface area (Å²) < 4.78 is 22.1. The Kier molecular flexibility index (Phi) is 9.74. The molecular weight excluding hydrogens is 691 g/mol. The predicted octanol–water partition coefficient (Wildman–Crippen LogP) is 5.80. The van der Waals surface area contributed by atoms with Gasteiger partial charge in [-0.05, 0) is 79.4 Å². The first-order chi connectivity index (χ1) is 24.9. The molecule has 0 amide bonds. The van der Waals surface area contributed by atoms with E-state index in [0.29, 0.717) is 41.3 Å². The first-order valence-electron chi connectivity index (χ1n) is 17.5. The highest BCUT2D eigenvalue weighted by Gasteiger charge is 2.46. The Morgan fingerprint density at radius 3 is 2.14 bits per heavy atom. The molecular formula is C37H40Cl2N8O4. The van der Waals surface area contributed by atoms with Crippen LogP contribution >= 0.6 is 23.2 Å². The topological polar surface area (TPSA) is 105 Å². The van der Waals surface area contributed by atoms with Crippen LogP contribution in [-0.4, -0.2) is 74.8 Å². The molecule has 1 saturated carbocycles. The molecule has 3 aliphatic rings. The van der Waals surface area contributed by atoms with E-state index in [1.165, 1.54) is 30.5 Å². The molecule has 4 heterocycles. The second-order valence-electron chi connectivity index (χ2n) is 13.4. The highest BCUT2D eigenvalue weighted by molar-refractivity contribution is 6.35. The van der Waals surface area contributed by atoms with E-state index in [9.17, 15) is 4.79 Å². The number of piperazine rings is 1. The van der Waals surface area contributed by atoms with Crippen LogP contribution < -0.4 is 20.2 Å². The van der Waals surface area contributed by atoms with Crippen LogP contribution in [0.5, 0.6) is 5.75 Å². The van der Waals surface area contributed by atoms with E-state index in [1.54, 1.807) is 40.1 Å². The molecule has 0 radical (unpaired) electrons. The van der Waals surface area contributed by atoms with Gasteiger partial charge in [0.2, 0.25) is 5.79 Å². The summed E-state index contributed by atoms with van der Waals surface area (Å²) in [5.41, 5.74) is 3.72. The Hall–Kier alpha value is -4.36. The van der Waals surface area contributed by atoms with E-state index < -0.39 is 5.79 Å². The zero-order chi connectivity index (χ0) is 34.8. The van der Waals surface area contributed by atoms with Crippen molar-refractivity contribution in [1.82, 2.24) is 29.3 Å². The van der Waals surface area contributed by atoms with Crippen molar-refractivity contribution in [1.29, 1.82) is 0 Å². The number of halogens is 2. The molecule has 3 aromatic carbocycles. The van der Waals surface area contributed by atoms with Gasteiger partial charge in [-0.15, -0.1) is 0 Å². The third kappa shape index (κ3) is 7.36. The van der Waals surface area contributed by atoms with Crippen molar-refractivity contribution in [2.24, 2.45) is 5.92 Å². The summed E-state index contributed by atoms with van der Waals surface area (Å²) in [5, 5.41) is 13.8. The van der Waals surface area contributed by atoms with Crippen molar-refractivity contribution in [3.8, 4) is 11.4 Å². The fourth-order valence-electron chi connectivity index (χ4n) is 7.33. The number of hydrogen-bond acceptors (Lipinski definition) is 9. The lowest BCUT2D eigenvalue weighted by Gasteiger charge is -2.37. The number of rotatable bonds is 11. The fourth-order valence-corrected chi connectivity index (χ4v) is 7.88. The van der Waals surface area contributed by atoms with E-state index in [-0.39, 0.29) is 18.3 Å². The van der Waals surface area contributed by atoms with Crippen LogP contribution in [0.2, 0.25) is 10.0 Å². The normalized spacial score (nSPS) is 21.1. The Bertz CT molecular complexity index is 1970. The monoisotopic (exact) mass is 730 g/mol. The van der Waals surface area contributed by atoms with Crippen LogP contribution in [0.3, 0.4) is 0 Å². The zero-order valence-corrected chi connectivity index (χ0v) is 29.7. The van der Waals surface area contributed by atoms with Gasteiger partial charge in [0.15, 0.2) is 0 Å². The van der Waals surface area contributed by atoms with Gasteiger partial charge in [-0.2, -0.15) is 20.1 Å². The third-order valence-electron chi connectivity index (χ3n) is 10.1. The predicted molar refractivity (Wildman–Crippen MR) is 195 cm³/mol. The summed E-state index contributed by atoms with van der Waals surface area (Å²) in [6.07, 6.45) is 9.39. The van der Waals surface area contributed by atoms with Gasteiger partial charge in [-0.25, -0.2) is 14.0 Å². The van der Waals surface area contributed by atoms with E-state index in [0.717, 1.165) is 49.0 Å². The van der Waals surface area contributed by atoms with E-state index in [1.807, 2.05) is 30.3 Å². The summed E-state index contributed by atoms with van der Waals surface area (Å²) in [7, 11) is 0. The van der Waals surface area contributed by atoms with E-state index >= 15 is 0 Å². The molecule has 0 spiro atoms. The van der Waals surface area contributed by atoms with Crippen molar-refractivity contribution in [3.63, 3.8) is 0 Å². The molecule has 0 N–H and O–H groups in total. The summed E-state index contributed by atoms with van der Waals surface area (Å²) in [6, 6.07) is 21.6. The van der Waals surface area contributed by atoms with Crippen LogP contribution in [0.4, 0.5) is 11.4 Å². The molecule has 0 bridgehead atoms. The SMILES string of the molecule is O=c1n(-c2ccc(N3CCN(c4ccc(OC[C@@H]5CO[C@@](Cn6nccn6)(c6ccc(Cl)cc6Cl)O5)cc4)CC3)cc2)cnn1CC1CCCC1. The van der Waals surface area contributed by atoms with Gasteiger partial charge in [0.1, 0.15) is 31.3 Å².